The standard InChI is InChI=1S/C11H22N2S/c1-9-4-3-6-13(7-5-9)8-10(2)11(12)14/h9-10H,3-8H2,1-2H3,(H2,12,14). The molecule has 0 saturated carbocycles. The summed E-state index contributed by atoms with van der Waals surface area (Å²) in [6, 6.07) is 0. The van der Waals surface area contributed by atoms with Crippen LogP contribution in [-0.4, -0.2) is 29.5 Å². The molecule has 2 unspecified atom stereocenters. The van der Waals surface area contributed by atoms with E-state index in [9.17, 15) is 0 Å². The number of rotatable bonds is 3. The van der Waals surface area contributed by atoms with Crippen LogP contribution in [0.15, 0.2) is 0 Å². The lowest BCUT2D eigenvalue weighted by Crippen LogP contribution is -2.34. The van der Waals surface area contributed by atoms with Crippen molar-refractivity contribution in [2.75, 3.05) is 19.6 Å². The van der Waals surface area contributed by atoms with Crippen LogP contribution >= 0.6 is 12.2 Å². The molecule has 2 nitrogen and oxygen atoms in total. The fraction of sp³-hybridized carbons (Fsp3) is 0.909. The molecular formula is C11H22N2S. The van der Waals surface area contributed by atoms with Crippen LogP contribution in [0.1, 0.15) is 33.1 Å². The fourth-order valence-corrected chi connectivity index (χ4v) is 2.06. The van der Waals surface area contributed by atoms with E-state index in [1.165, 1.54) is 32.4 Å². The van der Waals surface area contributed by atoms with Crippen LogP contribution in [0.2, 0.25) is 0 Å². The van der Waals surface area contributed by atoms with Crippen LogP contribution < -0.4 is 5.73 Å². The minimum Gasteiger partial charge on any atom is -0.393 e. The molecule has 82 valence electrons. The van der Waals surface area contributed by atoms with Gasteiger partial charge in [0.25, 0.3) is 0 Å². The summed E-state index contributed by atoms with van der Waals surface area (Å²) in [4.78, 5) is 3.16. The molecule has 1 fully saturated rings. The van der Waals surface area contributed by atoms with Crippen LogP contribution in [0.25, 0.3) is 0 Å². The van der Waals surface area contributed by atoms with Crippen molar-refractivity contribution in [2.45, 2.75) is 33.1 Å². The summed E-state index contributed by atoms with van der Waals surface area (Å²) in [5, 5.41) is 0. The van der Waals surface area contributed by atoms with Gasteiger partial charge < -0.3 is 10.6 Å². The summed E-state index contributed by atoms with van der Waals surface area (Å²) in [5.74, 6) is 1.25. The van der Waals surface area contributed by atoms with Gasteiger partial charge in [0.2, 0.25) is 0 Å². The third-order valence-corrected chi connectivity index (χ3v) is 3.53. The average Bonchev–Trinajstić information content (AvgIpc) is 2.31. The smallest absolute Gasteiger partial charge is 0.0768 e. The fourth-order valence-electron chi connectivity index (χ4n) is 1.98. The number of thiocarbonyl (C=S) groups is 1. The average molecular weight is 214 g/mol. The van der Waals surface area contributed by atoms with Crippen LogP contribution in [0.4, 0.5) is 0 Å². The number of nitrogens with two attached hydrogens (primary N) is 1. The minimum atomic E-state index is 0.360. The van der Waals surface area contributed by atoms with Crippen molar-refractivity contribution in [3.05, 3.63) is 0 Å². The summed E-state index contributed by atoms with van der Waals surface area (Å²) in [6.45, 7) is 7.95. The Kier molecular flexibility index (Phi) is 4.82. The Bertz CT molecular complexity index is 194. The molecule has 14 heavy (non-hydrogen) atoms. The maximum Gasteiger partial charge on any atom is 0.0768 e. The zero-order valence-corrected chi connectivity index (χ0v) is 10.1. The molecule has 0 spiro atoms. The van der Waals surface area contributed by atoms with Crippen LogP contribution in [0, 0.1) is 11.8 Å². The number of hydrogen-bond acceptors (Lipinski definition) is 2. The first-order valence-corrected chi connectivity index (χ1v) is 6.02. The van der Waals surface area contributed by atoms with Gasteiger partial charge in [-0.05, 0) is 38.3 Å². The van der Waals surface area contributed by atoms with Gasteiger partial charge in [0.05, 0.1) is 4.99 Å². The predicted octanol–water partition coefficient (Wildman–Crippen LogP) is 2.03. The quantitative estimate of drug-likeness (QED) is 0.729. The van der Waals surface area contributed by atoms with Crippen molar-refractivity contribution in [3.63, 3.8) is 0 Å². The summed E-state index contributed by atoms with van der Waals surface area (Å²) < 4.78 is 0. The highest BCUT2D eigenvalue weighted by Crippen LogP contribution is 2.17. The van der Waals surface area contributed by atoms with Crippen molar-refractivity contribution in [1.29, 1.82) is 0 Å². The van der Waals surface area contributed by atoms with E-state index in [-0.39, 0.29) is 0 Å². The van der Waals surface area contributed by atoms with Gasteiger partial charge in [0, 0.05) is 12.5 Å². The largest absolute Gasteiger partial charge is 0.393 e. The van der Waals surface area contributed by atoms with Gasteiger partial charge >= 0.3 is 0 Å². The predicted molar refractivity (Wildman–Crippen MR) is 65.4 cm³/mol. The van der Waals surface area contributed by atoms with Gasteiger partial charge in [-0.2, -0.15) is 0 Å². The van der Waals surface area contributed by atoms with Crippen molar-refractivity contribution in [3.8, 4) is 0 Å². The van der Waals surface area contributed by atoms with E-state index in [2.05, 4.69) is 18.7 Å². The number of hydrogen-bond donors (Lipinski definition) is 1. The van der Waals surface area contributed by atoms with Gasteiger partial charge in [0.15, 0.2) is 0 Å². The summed E-state index contributed by atoms with van der Waals surface area (Å²) in [5.41, 5.74) is 5.62. The first kappa shape index (κ1) is 11.9. The Morgan fingerprint density at radius 1 is 1.50 bits per heavy atom. The SMILES string of the molecule is CC1CCCN(CC(C)C(N)=S)CC1. The third kappa shape index (κ3) is 3.93. The molecule has 0 amide bonds. The van der Waals surface area contributed by atoms with Gasteiger partial charge in [-0.15, -0.1) is 0 Å². The lowest BCUT2D eigenvalue weighted by atomic mass is 10.0. The van der Waals surface area contributed by atoms with Crippen LogP contribution in [0.5, 0.6) is 0 Å². The second-order valence-electron chi connectivity index (χ2n) is 4.64. The molecule has 1 aliphatic rings. The van der Waals surface area contributed by atoms with Crippen LogP contribution in [0.3, 0.4) is 0 Å². The highest BCUT2D eigenvalue weighted by Gasteiger charge is 2.16. The van der Waals surface area contributed by atoms with Gasteiger partial charge in [-0.25, -0.2) is 0 Å². The molecule has 0 aliphatic carbocycles. The van der Waals surface area contributed by atoms with E-state index in [0.29, 0.717) is 10.9 Å². The Hall–Kier alpha value is -0.150. The highest BCUT2D eigenvalue weighted by molar-refractivity contribution is 7.80. The second kappa shape index (κ2) is 5.66. The molecule has 1 aliphatic heterocycles. The van der Waals surface area contributed by atoms with E-state index in [1.54, 1.807) is 0 Å². The highest BCUT2D eigenvalue weighted by atomic mass is 32.1. The normalized spacial score (nSPS) is 26.9. The lowest BCUT2D eigenvalue weighted by Gasteiger charge is -2.23. The summed E-state index contributed by atoms with van der Waals surface area (Å²) >= 11 is 4.99. The maximum absolute atomic E-state index is 5.62. The lowest BCUT2D eigenvalue weighted by molar-refractivity contribution is 0.266. The first-order chi connectivity index (χ1) is 6.59. The van der Waals surface area contributed by atoms with Gasteiger partial charge in [-0.3, -0.25) is 0 Å². The topological polar surface area (TPSA) is 29.3 Å². The Morgan fingerprint density at radius 3 is 2.86 bits per heavy atom. The molecule has 1 rings (SSSR count). The number of likely N-dealkylation sites (tertiary alicyclic amines) is 1. The van der Waals surface area contributed by atoms with Crippen LogP contribution in [-0.2, 0) is 0 Å². The maximum atomic E-state index is 5.62. The monoisotopic (exact) mass is 214 g/mol. The Labute approximate surface area is 92.8 Å². The molecule has 1 heterocycles. The summed E-state index contributed by atoms with van der Waals surface area (Å²) in [6.07, 6.45) is 4.02. The van der Waals surface area contributed by atoms with E-state index < -0.39 is 0 Å². The van der Waals surface area contributed by atoms with E-state index in [1.807, 2.05) is 0 Å². The van der Waals surface area contributed by atoms with E-state index in [0.717, 1.165) is 12.5 Å². The molecule has 0 aromatic rings. The second-order valence-corrected chi connectivity index (χ2v) is 5.11. The minimum absolute atomic E-state index is 0.360. The Morgan fingerprint density at radius 2 is 2.21 bits per heavy atom. The molecule has 3 heteroatoms. The summed E-state index contributed by atoms with van der Waals surface area (Å²) in [7, 11) is 0. The van der Waals surface area contributed by atoms with Crippen molar-refractivity contribution in [2.24, 2.45) is 17.6 Å². The van der Waals surface area contributed by atoms with Gasteiger partial charge in [0.1, 0.15) is 0 Å². The molecule has 0 bridgehead atoms. The number of nitrogens with zero attached hydrogens (tertiary/aromatic N) is 1. The molecule has 1 saturated heterocycles. The zero-order valence-electron chi connectivity index (χ0n) is 9.33. The molecule has 0 aromatic carbocycles. The molecule has 0 aromatic heterocycles. The van der Waals surface area contributed by atoms with E-state index >= 15 is 0 Å². The molecule has 0 radical (unpaired) electrons. The van der Waals surface area contributed by atoms with Gasteiger partial charge in [-0.1, -0.05) is 26.1 Å². The van der Waals surface area contributed by atoms with Crippen molar-refractivity contribution >= 4 is 17.2 Å². The Balaban J connectivity index is 2.33. The molecule has 2 N–H and O–H groups in total. The zero-order chi connectivity index (χ0) is 10.6. The molecule has 2 atom stereocenters. The van der Waals surface area contributed by atoms with Crippen molar-refractivity contribution < 1.29 is 0 Å². The third-order valence-electron chi connectivity index (χ3n) is 3.13. The molecular weight excluding hydrogens is 192 g/mol. The van der Waals surface area contributed by atoms with Crippen molar-refractivity contribution in [1.82, 2.24) is 4.90 Å². The van der Waals surface area contributed by atoms with E-state index in [4.69, 9.17) is 18.0 Å². The first-order valence-electron chi connectivity index (χ1n) is 5.61.